The molecule has 5 nitrogen and oxygen atoms in total. The van der Waals surface area contributed by atoms with E-state index < -0.39 is 5.82 Å². The summed E-state index contributed by atoms with van der Waals surface area (Å²) >= 11 is 9.73. The summed E-state index contributed by atoms with van der Waals surface area (Å²) in [7, 11) is 0. The van der Waals surface area contributed by atoms with Crippen LogP contribution in [0.2, 0.25) is 5.02 Å². The summed E-state index contributed by atoms with van der Waals surface area (Å²) in [6.45, 7) is 1.47. The fourth-order valence-corrected chi connectivity index (χ4v) is 3.92. The van der Waals surface area contributed by atoms with Gasteiger partial charge in [-0.15, -0.1) is 0 Å². The average Bonchev–Trinajstić information content (AvgIpc) is 3.26. The van der Waals surface area contributed by atoms with E-state index in [1.807, 2.05) is 10.8 Å². The first kappa shape index (κ1) is 21.3. The molecule has 0 spiro atoms. The molecule has 0 radical (unpaired) electrons. The molecule has 2 N–H and O–H groups in total. The third-order valence-corrected chi connectivity index (χ3v) is 5.58. The molecule has 0 atom stereocenters. The summed E-state index contributed by atoms with van der Waals surface area (Å²) in [6, 6.07) is 13.2. The van der Waals surface area contributed by atoms with Crippen LogP contribution in [-0.4, -0.2) is 26.2 Å². The van der Waals surface area contributed by atoms with Gasteiger partial charge < -0.3 is 15.0 Å². The molecule has 0 aliphatic heterocycles. The van der Waals surface area contributed by atoms with Crippen LogP contribution >= 0.6 is 27.5 Å². The predicted octanol–water partition coefficient (Wildman–Crippen LogP) is 6.37. The fraction of sp³-hybridized carbons (Fsp3) is 0.130. The number of aromatic nitrogens is 3. The van der Waals surface area contributed by atoms with Gasteiger partial charge >= 0.3 is 0 Å². The second kappa shape index (κ2) is 9.49. The lowest BCUT2D eigenvalue weighted by Gasteiger charge is -2.14. The van der Waals surface area contributed by atoms with Gasteiger partial charge in [-0.1, -0.05) is 33.6 Å². The minimum atomic E-state index is -0.422. The number of halogens is 3. The number of anilines is 1. The monoisotopic (exact) mass is 500 g/mol. The van der Waals surface area contributed by atoms with E-state index in [0.29, 0.717) is 39.8 Å². The number of phenolic OH excluding ortho intramolecular Hbond substituents is 1. The van der Waals surface area contributed by atoms with Gasteiger partial charge in [0, 0.05) is 41.1 Å². The lowest BCUT2D eigenvalue weighted by Crippen LogP contribution is -2.07. The molecular weight excluding hydrogens is 483 g/mol. The minimum absolute atomic E-state index is 0.0820. The summed E-state index contributed by atoms with van der Waals surface area (Å²) in [6.07, 6.45) is 6.27. The molecule has 0 unspecified atom stereocenters. The Labute approximate surface area is 192 Å². The Balaban J connectivity index is 1.69. The zero-order valence-corrected chi connectivity index (χ0v) is 18.7. The summed E-state index contributed by atoms with van der Waals surface area (Å²) in [5.41, 5.74) is 1.91. The van der Waals surface area contributed by atoms with Crippen LogP contribution in [0.25, 0.3) is 22.4 Å². The molecule has 4 aromatic rings. The SMILES string of the molecule is Oc1ccc(Br)cc1-c1cc(-c2c(F)cccc2Cl)cc(NCCCn2ccnc2)n1. The third-order valence-electron chi connectivity index (χ3n) is 4.77. The van der Waals surface area contributed by atoms with Gasteiger partial charge in [0.25, 0.3) is 0 Å². The number of aryl methyl sites for hydroxylation is 1. The number of rotatable bonds is 7. The van der Waals surface area contributed by atoms with Crippen molar-refractivity contribution in [2.24, 2.45) is 0 Å². The van der Waals surface area contributed by atoms with Crippen LogP contribution in [-0.2, 0) is 6.54 Å². The lowest BCUT2D eigenvalue weighted by atomic mass is 10.0. The molecule has 0 saturated heterocycles. The van der Waals surface area contributed by atoms with E-state index in [2.05, 4.69) is 31.2 Å². The van der Waals surface area contributed by atoms with Gasteiger partial charge in [0.1, 0.15) is 17.4 Å². The van der Waals surface area contributed by atoms with Gasteiger partial charge in [-0.25, -0.2) is 14.4 Å². The number of hydrogen-bond acceptors (Lipinski definition) is 4. The van der Waals surface area contributed by atoms with Gasteiger partial charge in [-0.05, 0) is 54.4 Å². The van der Waals surface area contributed by atoms with Crippen molar-refractivity contribution in [2.45, 2.75) is 13.0 Å². The van der Waals surface area contributed by atoms with E-state index in [4.69, 9.17) is 11.6 Å². The highest BCUT2D eigenvalue weighted by Gasteiger charge is 2.15. The third kappa shape index (κ3) is 5.06. The molecule has 0 aliphatic rings. The van der Waals surface area contributed by atoms with Gasteiger partial charge in [0.2, 0.25) is 0 Å². The van der Waals surface area contributed by atoms with E-state index >= 15 is 0 Å². The molecule has 2 aromatic carbocycles. The standard InChI is InChI=1S/C23H19BrClFN4O/c24-16-5-6-21(31)17(13-16)20-11-15(23-18(25)3-1-4-19(23)26)12-22(29-20)28-7-2-9-30-10-8-27-14-30/h1,3-6,8,10-14,31H,2,7,9H2,(H,28,29). The zero-order chi connectivity index (χ0) is 21.8. The van der Waals surface area contributed by atoms with Crippen LogP contribution in [0.1, 0.15) is 6.42 Å². The van der Waals surface area contributed by atoms with Gasteiger partial charge in [-0.3, -0.25) is 0 Å². The number of nitrogens with zero attached hydrogens (tertiary/aromatic N) is 3. The molecule has 0 aliphatic carbocycles. The van der Waals surface area contributed by atoms with Crippen molar-refractivity contribution in [2.75, 3.05) is 11.9 Å². The molecule has 4 rings (SSSR count). The molecule has 0 saturated carbocycles. The van der Waals surface area contributed by atoms with E-state index in [0.717, 1.165) is 17.4 Å². The van der Waals surface area contributed by atoms with Crippen molar-refractivity contribution in [1.82, 2.24) is 14.5 Å². The molecule has 0 fully saturated rings. The van der Waals surface area contributed by atoms with Crippen molar-refractivity contribution in [1.29, 1.82) is 0 Å². The van der Waals surface area contributed by atoms with Crippen LogP contribution in [0.15, 0.2) is 71.7 Å². The van der Waals surface area contributed by atoms with Crippen molar-refractivity contribution in [3.8, 4) is 28.1 Å². The Kier molecular flexibility index (Phi) is 6.53. The van der Waals surface area contributed by atoms with E-state index in [1.54, 1.807) is 55.0 Å². The lowest BCUT2D eigenvalue weighted by molar-refractivity contribution is 0.477. The maximum atomic E-state index is 14.6. The molecule has 2 heterocycles. The fourth-order valence-electron chi connectivity index (χ4n) is 3.29. The second-order valence-electron chi connectivity index (χ2n) is 6.97. The number of hydrogen-bond donors (Lipinski definition) is 2. The number of phenols is 1. The first-order valence-corrected chi connectivity index (χ1v) is 10.8. The Morgan fingerprint density at radius 2 is 2.03 bits per heavy atom. The molecule has 0 bridgehead atoms. The van der Waals surface area contributed by atoms with Gasteiger partial charge in [0.15, 0.2) is 0 Å². The molecule has 31 heavy (non-hydrogen) atoms. The van der Waals surface area contributed by atoms with Crippen LogP contribution in [0.3, 0.4) is 0 Å². The molecular formula is C23H19BrClFN4O. The number of pyridine rings is 1. The maximum Gasteiger partial charge on any atom is 0.132 e. The highest BCUT2D eigenvalue weighted by atomic mass is 79.9. The quantitative estimate of drug-likeness (QED) is 0.289. The second-order valence-corrected chi connectivity index (χ2v) is 8.29. The van der Waals surface area contributed by atoms with Crippen molar-refractivity contribution >= 4 is 33.3 Å². The largest absolute Gasteiger partial charge is 0.507 e. The summed E-state index contributed by atoms with van der Waals surface area (Å²) in [5.74, 6) is 0.226. The van der Waals surface area contributed by atoms with Crippen LogP contribution in [0.5, 0.6) is 5.75 Å². The van der Waals surface area contributed by atoms with Crippen molar-refractivity contribution < 1.29 is 9.50 Å². The Morgan fingerprint density at radius 3 is 2.81 bits per heavy atom. The van der Waals surface area contributed by atoms with Crippen LogP contribution < -0.4 is 5.32 Å². The normalized spacial score (nSPS) is 10.9. The van der Waals surface area contributed by atoms with Crippen molar-refractivity contribution in [3.63, 3.8) is 0 Å². The average molecular weight is 502 g/mol. The zero-order valence-electron chi connectivity index (χ0n) is 16.4. The summed E-state index contributed by atoms with van der Waals surface area (Å²) < 4.78 is 17.4. The highest BCUT2D eigenvalue weighted by Crippen LogP contribution is 2.37. The van der Waals surface area contributed by atoms with E-state index in [9.17, 15) is 9.50 Å². The number of imidazole rings is 1. The molecule has 0 amide bonds. The first-order chi connectivity index (χ1) is 15.0. The predicted molar refractivity (Wildman–Crippen MR) is 125 cm³/mol. The first-order valence-electron chi connectivity index (χ1n) is 9.66. The number of aromatic hydroxyl groups is 1. The van der Waals surface area contributed by atoms with E-state index in [1.165, 1.54) is 6.07 Å². The van der Waals surface area contributed by atoms with Gasteiger partial charge in [-0.2, -0.15) is 0 Å². The number of benzene rings is 2. The van der Waals surface area contributed by atoms with E-state index in [-0.39, 0.29) is 5.75 Å². The summed E-state index contributed by atoms with van der Waals surface area (Å²) in [5, 5.41) is 14.0. The Morgan fingerprint density at radius 1 is 1.16 bits per heavy atom. The Hall–Kier alpha value is -2.90. The van der Waals surface area contributed by atoms with Gasteiger partial charge in [0.05, 0.1) is 17.0 Å². The minimum Gasteiger partial charge on any atom is -0.507 e. The van der Waals surface area contributed by atoms with Crippen LogP contribution in [0, 0.1) is 5.82 Å². The van der Waals surface area contributed by atoms with Crippen molar-refractivity contribution in [3.05, 3.63) is 82.6 Å². The molecule has 2 aromatic heterocycles. The summed E-state index contributed by atoms with van der Waals surface area (Å²) in [4.78, 5) is 8.68. The smallest absolute Gasteiger partial charge is 0.132 e. The molecule has 8 heteroatoms. The maximum absolute atomic E-state index is 14.6. The molecule has 158 valence electrons. The Bertz CT molecular complexity index is 1180. The highest BCUT2D eigenvalue weighted by molar-refractivity contribution is 9.10. The number of nitrogens with one attached hydrogen (secondary N) is 1. The topological polar surface area (TPSA) is 63.0 Å². The van der Waals surface area contributed by atoms with Crippen LogP contribution in [0.4, 0.5) is 10.2 Å².